The molecule has 0 unspecified atom stereocenters. The summed E-state index contributed by atoms with van der Waals surface area (Å²) in [7, 11) is -8.79. The van der Waals surface area contributed by atoms with E-state index in [2.05, 4.69) is 20.4 Å². The first-order valence-corrected chi connectivity index (χ1v) is 14.5. The Labute approximate surface area is 261 Å². The number of fused-ring (bicyclic) bond motifs is 2. The Kier molecular flexibility index (Phi) is 8.51. The van der Waals surface area contributed by atoms with Crippen LogP contribution in [0.25, 0.3) is 33.4 Å². The van der Waals surface area contributed by atoms with Gasteiger partial charge in [-0.15, -0.1) is 25.2 Å². The van der Waals surface area contributed by atoms with Gasteiger partial charge in [0.15, 0.2) is 17.2 Å². The van der Waals surface area contributed by atoms with E-state index in [1.54, 1.807) is 0 Å². The van der Waals surface area contributed by atoms with Crippen molar-refractivity contribution >= 4 is 42.3 Å². The van der Waals surface area contributed by atoms with Crippen LogP contribution in [0.2, 0.25) is 0 Å². The smallest absolute Gasteiger partial charge is 0.871 e. The first-order chi connectivity index (χ1) is 20.5. The Morgan fingerprint density at radius 1 is 0.533 bits per heavy atom. The number of aromatic nitrogens is 6. The van der Waals surface area contributed by atoms with Crippen LogP contribution < -0.4 is 10.2 Å². The second-order valence-electron chi connectivity index (χ2n) is 8.85. The van der Waals surface area contributed by atoms with Crippen LogP contribution in [0.4, 0.5) is 0 Å². The molecular formula is C24H16N6NiO12S2. The SMILES string of the molecule is O=S(=O)(O)c1ccc2nn(-c3c(O)cc(O)cc3O)nc2c1.O=S(=O)(O)c1ccc2nn(-c3c([O-])cc(O)cc3[O-])nc2c1.[Ni+2]. The van der Waals surface area contributed by atoms with Crippen LogP contribution >= 0.6 is 0 Å². The van der Waals surface area contributed by atoms with Gasteiger partial charge in [-0.3, -0.25) is 9.11 Å². The maximum atomic E-state index is 11.8. The van der Waals surface area contributed by atoms with Gasteiger partial charge < -0.3 is 30.6 Å². The van der Waals surface area contributed by atoms with Crippen LogP contribution in [0, 0.1) is 0 Å². The summed E-state index contributed by atoms with van der Waals surface area (Å²) in [6.07, 6.45) is 0. The van der Waals surface area contributed by atoms with Crippen LogP contribution in [0.5, 0.6) is 34.5 Å². The molecular weight excluding hydrogens is 687 g/mol. The fraction of sp³-hybridized carbons (Fsp3) is 0. The third kappa shape index (κ3) is 6.66. The quantitative estimate of drug-likeness (QED) is 0.106. The number of aromatic hydroxyl groups is 4. The zero-order chi connectivity index (χ0) is 32.1. The van der Waals surface area contributed by atoms with Crippen molar-refractivity contribution in [1.82, 2.24) is 30.0 Å². The number of nitrogens with zero attached hydrogens (tertiary/aromatic N) is 6. The molecule has 0 aliphatic heterocycles. The van der Waals surface area contributed by atoms with Gasteiger partial charge in [-0.2, -0.15) is 21.6 Å². The second-order valence-corrected chi connectivity index (χ2v) is 11.7. The van der Waals surface area contributed by atoms with E-state index in [0.717, 1.165) is 58.1 Å². The monoisotopic (exact) mass is 702 g/mol. The van der Waals surface area contributed by atoms with Crippen LogP contribution in [0.15, 0.2) is 70.5 Å². The zero-order valence-electron chi connectivity index (χ0n) is 21.7. The van der Waals surface area contributed by atoms with Crippen molar-refractivity contribution in [3.63, 3.8) is 0 Å². The molecule has 0 atom stereocenters. The second kappa shape index (κ2) is 11.7. The molecule has 0 aliphatic rings. The Morgan fingerprint density at radius 2 is 0.889 bits per heavy atom. The summed E-state index contributed by atoms with van der Waals surface area (Å²) in [5, 5.41) is 77.2. The van der Waals surface area contributed by atoms with E-state index in [1.165, 1.54) is 12.1 Å². The number of hydrogen-bond donors (Lipinski definition) is 6. The van der Waals surface area contributed by atoms with Crippen LogP contribution in [-0.4, -0.2) is 76.4 Å². The number of benzene rings is 4. The minimum absolute atomic E-state index is 0. The van der Waals surface area contributed by atoms with Crippen LogP contribution in [0.1, 0.15) is 0 Å². The molecule has 0 aliphatic carbocycles. The van der Waals surface area contributed by atoms with Gasteiger partial charge in [-0.1, -0.05) is 11.5 Å². The molecule has 6 rings (SSSR count). The van der Waals surface area contributed by atoms with Gasteiger partial charge in [0.05, 0.1) is 15.5 Å². The van der Waals surface area contributed by atoms with Gasteiger partial charge in [0.1, 0.15) is 33.6 Å². The molecule has 21 heteroatoms. The molecule has 0 amide bonds. The average molecular weight is 703 g/mol. The molecule has 0 fully saturated rings. The standard InChI is InChI=1S/2C12H9N3O6S.Ni/c2*16-6-3-10(17)12(11(18)4-6)15-13-8-2-1-7(22(19,20)21)5-9(8)14-15;/h2*1-5,16-18H,(H,19,20,21);/q;;+2/p-2. The van der Waals surface area contributed by atoms with E-state index in [9.17, 15) is 47.5 Å². The molecule has 45 heavy (non-hydrogen) atoms. The van der Waals surface area contributed by atoms with Gasteiger partial charge in [0.2, 0.25) is 0 Å². The van der Waals surface area contributed by atoms with E-state index in [1.807, 2.05) is 0 Å². The van der Waals surface area contributed by atoms with Crippen molar-refractivity contribution in [3.05, 3.63) is 60.7 Å². The predicted molar refractivity (Wildman–Crippen MR) is 143 cm³/mol. The summed E-state index contributed by atoms with van der Waals surface area (Å²) in [5.41, 5.74) is 0.118. The molecule has 2 aromatic heterocycles. The van der Waals surface area contributed by atoms with Crippen molar-refractivity contribution in [1.29, 1.82) is 0 Å². The topological polar surface area (TPSA) is 297 Å². The Hall–Kier alpha value is -5.21. The Bertz CT molecular complexity index is 2110. The van der Waals surface area contributed by atoms with Crippen molar-refractivity contribution < 1.29 is 73.1 Å². The number of phenols is 4. The van der Waals surface area contributed by atoms with E-state index < -0.39 is 54.7 Å². The molecule has 0 saturated carbocycles. The van der Waals surface area contributed by atoms with Crippen molar-refractivity contribution in [2.75, 3.05) is 0 Å². The number of phenolic OH excluding ortho intramolecular Hbond substituents is 4. The molecule has 6 N–H and O–H groups in total. The van der Waals surface area contributed by atoms with E-state index >= 15 is 0 Å². The number of rotatable bonds is 4. The predicted octanol–water partition coefficient (Wildman–Crippen LogP) is 0.301. The fourth-order valence-corrected chi connectivity index (χ4v) is 4.87. The molecule has 18 nitrogen and oxygen atoms in total. The van der Waals surface area contributed by atoms with Gasteiger partial charge >= 0.3 is 16.5 Å². The van der Waals surface area contributed by atoms with Crippen molar-refractivity contribution in [3.8, 4) is 45.9 Å². The summed E-state index contributed by atoms with van der Waals surface area (Å²) in [6, 6.07) is 10.7. The molecule has 0 bridgehead atoms. The average Bonchev–Trinajstić information content (AvgIpc) is 3.49. The van der Waals surface area contributed by atoms with E-state index in [-0.39, 0.29) is 59.8 Å². The maximum Gasteiger partial charge on any atom is 2.00 e. The summed E-state index contributed by atoms with van der Waals surface area (Å²) in [4.78, 5) is 0.916. The minimum Gasteiger partial charge on any atom is -0.871 e. The molecule has 4 aromatic carbocycles. The molecule has 236 valence electrons. The minimum atomic E-state index is -4.41. The van der Waals surface area contributed by atoms with Crippen molar-refractivity contribution in [2.24, 2.45) is 0 Å². The van der Waals surface area contributed by atoms with Crippen LogP contribution in [0.3, 0.4) is 0 Å². The fourth-order valence-electron chi connectivity index (χ4n) is 3.87. The summed E-state index contributed by atoms with van der Waals surface area (Å²) >= 11 is 0. The third-order valence-corrected chi connectivity index (χ3v) is 7.48. The van der Waals surface area contributed by atoms with Gasteiger partial charge in [-0.05, 0) is 48.5 Å². The van der Waals surface area contributed by atoms with Gasteiger partial charge in [0, 0.05) is 12.1 Å². The largest absolute Gasteiger partial charge is 2.00 e. The van der Waals surface area contributed by atoms with E-state index in [0.29, 0.717) is 0 Å². The van der Waals surface area contributed by atoms with Crippen LogP contribution in [-0.2, 0) is 36.7 Å². The maximum absolute atomic E-state index is 11.8. The zero-order valence-corrected chi connectivity index (χ0v) is 24.3. The molecule has 0 radical (unpaired) electrons. The summed E-state index contributed by atoms with van der Waals surface area (Å²) in [6.45, 7) is 0. The van der Waals surface area contributed by atoms with Gasteiger partial charge in [-0.25, -0.2) is 0 Å². The Morgan fingerprint density at radius 3 is 1.29 bits per heavy atom. The molecule has 2 heterocycles. The van der Waals surface area contributed by atoms with Gasteiger partial charge in [0.25, 0.3) is 20.2 Å². The molecule has 6 aromatic rings. The normalized spacial score (nSPS) is 11.6. The molecule has 0 spiro atoms. The summed E-state index contributed by atoms with van der Waals surface area (Å²) < 4.78 is 62.3. The van der Waals surface area contributed by atoms with Crippen molar-refractivity contribution in [2.45, 2.75) is 9.79 Å². The number of hydrogen-bond acceptors (Lipinski definition) is 14. The summed E-state index contributed by atoms with van der Waals surface area (Å²) in [5.74, 6) is -3.30. The molecule has 0 saturated heterocycles. The Balaban J connectivity index is 0.000000200. The third-order valence-electron chi connectivity index (χ3n) is 5.78. The first kappa shape index (κ1) is 32.7. The van der Waals surface area contributed by atoms with E-state index in [4.69, 9.17) is 9.11 Å². The first-order valence-electron chi connectivity index (χ1n) is 11.7.